The first-order valence-electron chi connectivity index (χ1n) is 8.43. The largest absolute Gasteiger partial charge is 0.321 e. The Hall–Kier alpha value is -2.53. The van der Waals surface area contributed by atoms with Gasteiger partial charge in [0.25, 0.3) is 11.8 Å². The van der Waals surface area contributed by atoms with Crippen LogP contribution in [-0.4, -0.2) is 22.0 Å². The Morgan fingerprint density at radius 3 is 2.52 bits per heavy atom. The lowest BCUT2D eigenvalue weighted by Crippen LogP contribution is -2.17. The second-order valence-electron chi connectivity index (χ2n) is 5.67. The molecule has 2 N–H and O–H groups in total. The fourth-order valence-electron chi connectivity index (χ4n) is 2.39. The summed E-state index contributed by atoms with van der Waals surface area (Å²) in [5, 5.41) is 18.0. The van der Waals surface area contributed by atoms with Crippen molar-refractivity contribution in [2.75, 3.05) is 10.6 Å². The zero-order valence-electron chi connectivity index (χ0n) is 14.8. The molecule has 4 aromatic rings. The number of nitrogens with one attached hydrogen (secondary N) is 2. The molecule has 3 heterocycles. The molecule has 4 rings (SSSR count). The lowest BCUT2D eigenvalue weighted by molar-refractivity contribution is 0.102. The van der Waals surface area contributed by atoms with Gasteiger partial charge in [0, 0.05) is 10.6 Å². The van der Waals surface area contributed by atoms with Crippen LogP contribution in [0.5, 0.6) is 0 Å². The van der Waals surface area contributed by atoms with Crippen LogP contribution >= 0.6 is 45.8 Å². The minimum absolute atomic E-state index is 0.247. The maximum Gasteiger partial charge on any atom is 0.265 e. The molecular weight excluding hydrogens is 445 g/mol. The smallest absolute Gasteiger partial charge is 0.265 e. The van der Waals surface area contributed by atoms with E-state index in [4.69, 9.17) is 0 Å². The molecule has 0 aliphatic heterocycles. The van der Waals surface area contributed by atoms with Crippen LogP contribution in [0, 0.1) is 0 Å². The quantitative estimate of drug-likeness (QED) is 0.284. The van der Waals surface area contributed by atoms with Crippen LogP contribution in [0.3, 0.4) is 0 Å². The first-order valence-corrected chi connectivity index (χ1v) is 12.0. The number of thiophene rings is 2. The average Bonchev–Trinajstić information content (AvgIpc) is 3.49. The molecule has 3 aromatic heterocycles. The van der Waals surface area contributed by atoms with E-state index >= 15 is 0 Å². The first kappa shape index (κ1) is 19.8. The molecule has 1 aromatic carbocycles. The third kappa shape index (κ3) is 5.10. The number of amides is 2. The average molecular weight is 459 g/mol. The van der Waals surface area contributed by atoms with Gasteiger partial charge in [-0.1, -0.05) is 47.4 Å². The van der Waals surface area contributed by atoms with Gasteiger partial charge in [0.15, 0.2) is 4.34 Å². The van der Waals surface area contributed by atoms with Gasteiger partial charge >= 0.3 is 0 Å². The molecule has 10 heteroatoms. The van der Waals surface area contributed by atoms with Gasteiger partial charge < -0.3 is 5.32 Å². The molecule has 0 fully saturated rings. The Balaban J connectivity index is 1.42. The second-order valence-corrected chi connectivity index (χ2v) is 9.85. The minimum Gasteiger partial charge on any atom is -0.321 e. The summed E-state index contributed by atoms with van der Waals surface area (Å²) in [6, 6.07) is 14.5. The van der Waals surface area contributed by atoms with Crippen LogP contribution in [-0.2, 0) is 5.75 Å². The van der Waals surface area contributed by atoms with Crippen LogP contribution in [0.25, 0.3) is 0 Å². The molecule has 0 radical (unpaired) electrons. The molecule has 0 unspecified atom stereocenters. The van der Waals surface area contributed by atoms with E-state index in [1.165, 1.54) is 27.6 Å². The third-order valence-corrected chi connectivity index (χ3v) is 7.66. The Bertz CT molecular complexity index is 1110. The summed E-state index contributed by atoms with van der Waals surface area (Å²) in [5.41, 5.74) is 0.806. The molecule has 29 heavy (non-hydrogen) atoms. The number of rotatable bonds is 7. The molecule has 2 amide bonds. The Kier molecular flexibility index (Phi) is 6.35. The number of carbonyl (C=O) groups is 2. The maximum absolute atomic E-state index is 12.7. The van der Waals surface area contributed by atoms with Crippen LogP contribution in [0.1, 0.15) is 24.9 Å². The number of anilines is 2. The van der Waals surface area contributed by atoms with Gasteiger partial charge in [0.2, 0.25) is 5.13 Å². The minimum atomic E-state index is -0.349. The topological polar surface area (TPSA) is 84.0 Å². The standard InChI is InChI=1S/C19H14N4O2S4/c24-16(21-18-22-23-19(29-18)28-11-12-5-3-9-26-12)13-6-1-2-7-14(13)20-17(25)15-8-4-10-27-15/h1-10H,11H2,(H,20,25)(H,21,22,24). The fraction of sp³-hybridized carbons (Fsp3) is 0.0526. The van der Waals surface area contributed by atoms with Crippen molar-refractivity contribution >= 4 is 68.4 Å². The van der Waals surface area contributed by atoms with E-state index in [0.29, 0.717) is 21.3 Å². The van der Waals surface area contributed by atoms with Gasteiger partial charge in [-0.25, -0.2) is 0 Å². The Morgan fingerprint density at radius 1 is 0.897 bits per heavy atom. The van der Waals surface area contributed by atoms with Crippen molar-refractivity contribution in [2.45, 2.75) is 10.1 Å². The number of para-hydroxylation sites is 1. The van der Waals surface area contributed by atoms with Gasteiger partial charge in [-0.2, -0.15) is 0 Å². The van der Waals surface area contributed by atoms with Crippen molar-refractivity contribution in [3.05, 3.63) is 74.6 Å². The van der Waals surface area contributed by atoms with Crippen LogP contribution in [0.15, 0.2) is 63.6 Å². The monoisotopic (exact) mass is 458 g/mol. The number of aromatic nitrogens is 2. The lowest BCUT2D eigenvalue weighted by atomic mass is 10.1. The molecule has 0 bridgehead atoms. The van der Waals surface area contributed by atoms with Crippen molar-refractivity contribution in [3.8, 4) is 0 Å². The zero-order chi connectivity index (χ0) is 20.1. The van der Waals surface area contributed by atoms with E-state index in [1.807, 2.05) is 22.9 Å². The molecule has 0 saturated heterocycles. The number of thioether (sulfide) groups is 1. The molecule has 0 aliphatic carbocycles. The van der Waals surface area contributed by atoms with Crippen LogP contribution < -0.4 is 10.6 Å². The molecule has 0 aliphatic rings. The van der Waals surface area contributed by atoms with Gasteiger partial charge in [0.05, 0.1) is 16.1 Å². The lowest BCUT2D eigenvalue weighted by Gasteiger charge is -2.09. The van der Waals surface area contributed by atoms with E-state index < -0.39 is 0 Å². The highest BCUT2D eigenvalue weighted by atomic mass is 32.2. The first-order chi connectivity index (χ1) is 14.2. The SMILES string of the molecule is O=C(Nc1ccccc1C(=O)Nc1nnc(SCc2cccs2)s1)c1cccs1. The predicted molar refractivity (Wildman–Crippen MR) is 120 cm³/mol. The van der Waals surface area contributed by atoms with E-state index in [2.05, 4.69) is 26.9 Å². The number of hydrogen-bond acceptors (Lipinski definition) is 8. The molecule has 0 saturated carbocycles. The van der Waals surface area contributed by atoms with E-state index in [9.17, 15) is 9.59 Å². The maximum atomic E-state index is 12.7. The number of benzene rings is 1. The molecule has 146 valence electrons. The summed E-state index contributed by atoms with van der Waals surface area (Å²) in [6.07, 6.45) is 0. The Labute approximate surface area is 183 Å². The van der Waals surface area contributed by atoms with Crippen LogP contribution in [0.4, 0.5) is 10.8 Å². The van der Waals surface area contributed by atoms with Crippen molar-refractivity contribution < 1.29 is 9.59 Å². The third-order valence-electron chi connectivity index (χ3n) is 3.71. The van der Waals surface area contributed by atoms with E-state index in [0.717, 1.165) is 10.1 Å². The van der Waals surface area contributed by atoms with E-state index in [-0.39, 0.29) is 11.8 Å². The number of hydrogen-bond donors (Lipinski definition) is 2. The molecular formula is C19H14N4O2S4. The summed E-state index contributed by atoms with van der Waals surface area (Å²) in [5.74, 6) is 0.221. The highest BCUT2D eigenvalue weighted by Crippen LogP contribution is 2.30. The Morgan fingerprint density at radius 2 is 1.72 bits per heavy atom. The van der Waals surface area contributed by atoms with Gasteiger partial charge in [-0.15, -0.1) is 32.9 Å². The number of nitrogens with zero attached hydrogens (tertiary/aromatic N) is 2. The van der Waals surface area contributed by atoms with Gasteiger partial charge in [0.1, 0.15) is 0 Å². The van der Waals surface area contributed by atoms with Crippen molar-refractivity contribution in [1.29, 1.82) is 0 Å². The van der Waals surface area contributed by atoms with E-state index in [1.54, 1.807) is 53.4 Å². The summed E-state index contributed by atoms with van der Waals surface area (Å²) in [7, 11) is 0. The van der Waals surface area contributed by atoms with Gasteiger partial charge in [-0.05, 0) is 35.0 Å². The molecule has 6 nitrogen and oxygen atoms in total. The van der Waals surface area contributed by atoms with Crippen LogP contribution in [0.2, 0.25) is 0 Å². The fourth-order valence-corrected chi connectivity index (χ4v) is 5.53. The van der Waals surface area contributed by atoms with Crippen molar-refractivity contribution in [3.63, 3.8) is 0 Å². The van der Waals surface area contributed by atoms with Crippen molar-refractivity contribution in [2.24, 2.45) is 0 Å². The summed E-state index contributed by atoms with van der Waals surface area (Å²) in [6.45, 7) is 0. The normalized spacial score (nSPS) is 10.6. The number of carbonyl (C=O) groups excluding carboxylic acids is 2. The highest BCUT2D eigenvalue weighted by molar-refractivity contribution is 8.00. The predicted octanol–water partition coefficient (Wildman–Crippen LogP) is 5.46. The van der Waals surface area contributed by atoms with Gasteiger partial charge in [-0.3, -0.25) is 14.9 Å². The van der Waals surface area contributed by atoms with Crippen molar-refractivity contribution in [1.82, 2.24) is 10.2 Å². The molecule has 0 spiro atoms. The summed E-state index contributed by atoms with van der Waals surface area (Å²) < 4.78 is 0.785. The summed E-state index contributed by atoms with van der Waals surface area (Å²) in [4.78, 5) is 26.9. The zero-order valence-corrected chi connectivity index (χ0v) is 18.1. The second kappa shape index (κ2) is 9.31. The highest BCUT2D eigenvalue weighted by Gasteiger charge is 2.16. The summed E-state index contributed by atoms with van der Waals surface area (Å²) >= 11 is 5.94. The molecule has 0 atom stereocenters.